The molecule has 0 aliphatic heterocycles. The summed E-state index contributed by atoms with van der Waals surface area (Å²) in [4.78, 5) is 25.0. The topological polar surface area (TPSA) is 79.3 Å². The Balaban J connectivity index is 2.15. The number of carbonyl (C=O) groups is 2. The quantitative estimate of drug-likeness (QED) is 0.690. The fourth-order valence-electron chi connectivity index (χ4n) is 0.885. The molecule has 0 saturated carbocycles. The standard InChI is InChI=1S/C8H10N2O3S/c11-6(5-8(12)13)9-2-1-7-10-3-4-14-7/h3-4H,1-2,5H2,(H,9,11)(H,12,13). The lowest BCUT2D eigenvalue weighted by molar-refractivity contribution is -0.140. The molecule has 14 heavy (non-hydrogen) atoms. The molecule has 0 aromatic carbocycles. The summed E-state index contributed by atoms with van der Waals surface area (Å²) in [5, 5.41) is 13.6. The highest BCUT2D eigenvalue weighted by atomic mass is 32.1. The Bertz CT molecular complexity index is 310. The van der Waals surface area contributed by atoms with E-state index in [-0.39, 0.29) is 0 Å². The summed E-state index contributed by atoms with van der Waals surface area (Å²) < 4.78 is 0. The number of carboxylic acids is 1. The molecule has 76 valence electrons. The van der Waals surface area contributed by atoms with Crippen molar-refractivity contribution in [1.82, 2.24) is 10.3 Å². The van der Waals surface area contributed by atoms with Gasteiger partial charge in [0.2, 0.25) is 5.91 Å². The third kappa shape index (κ3) is 3.99. The fourth-order valence-corrected chi connectivity index (χ4v) is 1.51. The van der Waals surface area contributed by atoms with E-state index in [4.69, 9.17) is 5.11 Å². The second kappa shape index (κ2) is 5.33. The van der Waals surface area contributed by atoms with Gasteiger partial charge in [0, 0.05) is 24.5 Å². The van der Waals surface area contributed by atoms with Crippen LogP contribution in [0.5, 0.6) is 0 Å². The van der Waals surface area contributed by atoms with Crippen molar-refractivity contribution in [1.29, 1.82) is 0 Å². The van der Waals surface area contributed by atoms with Crippen molar-refractivity contribution in [2.45, 2.75) is 12.8 Å². The molecule has 0 saturated heterocycles. The van der Waals surface area contributed by atoms with Crippen molar-refractivity contribution in [3.8, 4) is 0 Å². The molecule has 0 aliphatic rings. The van der Waals surface area contributed by atoms with Gasteiger partial charge in [-0.05, 0) is 0 Å². The Kier molecular flexibility index (Phi) is 4.06. The Hall–Kier alpha value is -1.43. The van der Waals surface area contributed by atoms with Crippen LogP contribution in [-0.4, -0.2) is 28.5 Å². The van der Waals surface area contributed by atoms with E-state index in [1.54, 1.807) is 6.20 Å². The maximum absolute atomic E-state index is 10.9. The maximum atomic E-state index is 10.9. The Morgan fingerprint density at radius 2 is 2.36 bits per heavy atom. The molecule has 1 aromatic heterocycles. The van der Waals surface area contributed by atoms with E-state index in [1.807, 2.05) is 5.38 Å². The third-order valence-electron chi connectivity index (χ3n) is 1.46. The lowest BCUT2D eigenvalue weighted by atomic mass is 10.4. The van der Waals surface area contributed by atoms with E-state index in [2.05, 4.69) is 10.3 Å². The Labute approximate surface area is 84.8 Å². The second-order valence-electron chi connectivity index (χ2n) is 2.60. The van der Waals surface area contributed by atoms with Crippen molar-refractivity contribution < 1.29 is 14.7 Å². The first-order valence-corrected chi connectivity index (χ1v) is 4.93. The normalized spacial score (nSPS) is 9.71. The van der Waals surface area contributed by atoms with Crippen LogP contribution >= 0.6 is 11.3 Å². The van der Waals surface area contributed by atoms with Crippen LogP contribution in [0.25, 0.3) is 0 Å². The fraction of sp³-hybridized carbons (Fsp3) is 0.375. The highest BCUT2D eigenvalue weighted by molar-refractivity contribution is 7.09. The van der Waals surface area contributed by atoms with Gasteiger partial charge in [-0.15, -0.1) is 11.3 Å². The molecular formula is C8H10N2O3S. The smallest absolute Gasteiger partial charge is 0.312 e. The molecule has 0 spiro atoms. The van der Waals surface area contributed by atoms with E-state index < -0.39 is 18.3 Å². The van der Waals surface area contributed by atoms with Crippen LogP contribution in [0.15, 0.2) is 11.6 Å². The summed E-state index contributed by atoms with van der Waals surface area (Å²) in [6.07, 6.45) is 1.86. The highest BCUT2D eigenvalue weighted by Crippen LogP contribution is 2.03. The minimum absolute atomic E-state index is 0.430. The predicted octanol–water partition coefficient (Wildman–Crippen LogP) is 0.277. The summed E-state index contributed by atoms with van der Waals surface area (Å²) in [5.74, 6) is -1.58. The van der Waals surface area contributed by atoms with Gasteiger partial charge in [0.25, 0.3) is 0 Å². The average Bonchev–Trinajstić information content (AvgIpc) is 2.55. The van der Waals surface area contributed by atoms with Gasteiger partial charge < -0.3 is 10.4 Å². The number of nitrogens with one attached hydrogen (secondary N) is 1. The number of amides is 1. The minimum atomic E-state index is -1.11. The highest BCUT2D eigenvalue weighted by Gasteiger charge is 2.06. The zero-order valence-electron chi connectivity index (χ0n) is 7.40. The second-order valence-corrected chi connectivity index (χ2v) is 3.58. The maximum Gasteiger partial charge on any atom is 0.312 e. The largest absolute Gasteiger partial charge is 0.481 e. The molecule has 0 unspecified atom stereocenters. The molecule has 1 rings (SSSR count). The van der Waals surface area contributed by atoms with E-state index in [9.17, 15) is 9.59 Å². The predicted molar refractivity (Wildman–Crippen MR) is 51.1 cm³/mol. The van der Waals surface area contributed by atoms with E-state index in [0.29, 0.717) is 13.0 Å². The third-order valence-corrected chi connectivity index (χ3v) is 2.30. The molecule has 1 aromatic rings. The van der Waals surface area contributed by atoms with Crippen LogP contribution in [0.2, 0.25) is 0 Å². The lowest BCUT2D eigenvalue weighted by Crippen LogP contribution is -2.27. The lowest BCUT2D eigenvalue weighted by Gasteiger charge is -2.00. The molecule has 0 bridgehead atoms. The van der Waals surface area contributed by atoms with Crippen LogP contribution in [0, 0.1) is 0 Å². The molecule has 0 aliphatic carbocycles. The molecule has 0 fully saturated rings. The van der Waals surface area contributed by atoms with Crippen LogP contribution in [-0.2, 0) is 16.0 Å². The van der Waals surface area contributed by atoms with Gasteiger partial charge >= 0.3 is 5.97 Å². The number of hydrogen-bond acceptors (Lipinski definition) is 4. The van der Waals surface area contributed by atoms with E-state index in [0.717, 1.165) is 5.01 Å². The first-order valence-electron chi connectivity index (χ1n) is 4.05. The van der Waals surface area contributed by atoms with Gasteiger partial charge in [-0.3, -0.25) is 9.59 Å². The number of nitrogens with zero attached hydrogens (tertiary/aromatic N) is 1. The van der Waals surface area contributed by atoms with Crippen LogP contribution in [0.3, 0.4) is 0 Å². The summed E-state index contributed by atoms with van der Waals surface area (Å²) in [7, 11) is 0. The Morgan fingerprint density at radius 1 is 1.57 bits per heavy atom. The number of thiazole rings is 1. The van der Waals surface area contributed by atoms with Crippen molar-refractivity contribution >= 4 is 23.2 Å². The zero-order chi connectivity index (χ0) is 10.4. The minimum Gasteiger partial charge on any atom is -0.481 e. The van der Waals surface area contributed by atoms with Crippen molar-refractivity contribution in [3.05, 3.63) is 16.6 Å². The first kappa shape index (κ1) is 10.6. The molecule has 0 atom stereocenters. The number of rotatable bonds is 5. The summed E-state index contributed by atoms with van der Waals surface area (Å²) in [6.45, 7) is 0.430. The number of carboxylic acid groups (broad SMARTS) is 1. The van der Waals surface area contributed by atoms with Crippen molar-refractivity contribution in [2.24, 2.45) is 0 Å². The SMILES string of the molecule is O=C(O)CC(=O)NCCc1nccs1. The van der Waals surface area contributed by atoms with Gasteiger partial charge in [0.05, 0.1) is 5.01 Å². The molecule has 1 amide bonds. The Morgan fingerprint density at radius 3 is 2.93 bits per heavy atom. The molecule has 2 N–H and O–H groups in total. The summed E-state index contributed by atoms with van der Waals surface area (Å²) in [6, 6.07) is 0. The molecule has 5 nitrogen and oxygen atoms in total. The summed E-state index contributed by atoms with van der Waals surface area (Å²) >= 11 is 1.51. The molecular weight excluding hydrogens is 204 g/mol. The number of carbonyl (C=O) groups excluding carboxylic acids is 1. The van der Waals surface area contributed by atoms with Gasteiger partial charge in [0.15, 0.2) is 0 Å². The monoisotopic (exact) mass is 214 g/mol. The summed E-state index contributed by atoms with van der Waals surface area (Å²) in [5.41, 5.74) is 0. The number of aromatic nitrogens is 1. The van der Waals surface area contributed by atoms with Gasteiger partial charge in [-0.25, -0.2) is 4.98 Å². The molecule has 6 heteroatoms. The molecule has 1 heterocycles. The van der Waals surface area contributed by atoms with Crippen LogP contribution < -0.4 is 5.32 Å². The van der Waals surface area contributed by atoms with Gasteiger partial charge in [0.1, 0.15) is 6.42 Å². The van der Waals surface area contributed by atoms with Gasteiger partial charge in [-0.2, -0.15) is 0 Å². The van der Waals surface area contributed by atoms with Crippen molar-refractivity contribution in [2.75, 3.05) is 6.54 Å². The number of hydrogen-bond donors (Lipinski definition) is 2. The first-order chi connectivity index (χ1) is 6.68. The van der Waals surface area contributed by atoms with Crippen LogP contribution in [0.4, 0.5) is 0 Å². The molecule has 0 radical (unpaired) electrons. The average molecular weight is 214 g/mol. The van der Waals surface area contributed by atoms with E-state index in [1.165, 1.54) is 11.3 Å². The van der Waals surface area contributed by atoms with E-state index >= 15 is 0 Å². The zero-order valence-corrected chi connectivity index (χ0v) is 8.21. The van der Waals surface area contributed by atoms with Crippen molar-refractivity contribution in [3.63, 3.8) is 0 Å². The van der Waals surface area contributed by atoms with Crippen LogP contribution in [0.1, 0.15) is 11.4 Å². The van der Waals surface area contributed by atoms with Gasteiger partial charge in [-0.1, -0.05) is 0 Å². The number of aliphatic carboxylic acids is 1.